The number of anilines is 1. The number of carbonyl (C=O) groups excluding carboxylic acids is 1. The van der Waals surface area contributed by atoms with Crippen molar-refractivity contribution < 1.29 is 22.4 Å². The van der Waals surface area contributed by atoms with Gasteiger partial charge in [0.2, 0.25) is 0 Å². The fourth-order valence-corrected chi connectivity index (χ4v) is 5.62. The first-order valence-corrected chi connectivity index (χ1v) is 10.8. The Labute approximate surface area is 191 Å². The Morgan fingerprint density at radius 2 is 1.85 bits per heavy atom. The van der Waals surface area contributed by atoms with Crippen LogP contribution in [0.2, 0.25) is 0 Å². The Morgan fingerprint density at radius 3 is 2.56 bits per heavy atom. The lowest BCUT2D eigenvalue weighted by atomic mass is 9.71. The summed E-state index contributed by atoms with van der Waals surface area (Å²) in [5, 5.41) is 10.1. The fraction of sp³-hybridized carbons (Fsp3) is 0.348. The third-order valence-electron chi connectivity index (χ3n) is 7.18. The Hall–Kier alpha value is -3.63. The zero-order valence-electron chi connectivity index (χ0n) is 17.6. The van der Waals surface area contributed by atoms with Gasteiger partial charge in [0.25, 0.3) is 5.91 Å². The van der Waals surface area contributed by atoms with Gasteiger partial charge in [-0.3, -0.25) is 4.79 Å². The van der Waals surface area contributed by atoms with Crippen LogP contribution in [0.25, 0.3) is 11.4 Å². The van der Waals surface area contributed by atoms with Crippen LogP contribution in [0.1, 0.15) is 28.9 Å². The van der Waals surface area contributed by atoms with Gasteiger partial charge in [-0.2, -0.15) is 13.2 Å². The maximum absolute atomic E-state index is 14.8. The van der Waals surface area contributed by atoms with Crippen molar-refractivity contribution in [1.82, 2.24) is 25.1 Å². The van der Waals surface area contributed by atoms with Crippen LogP contribution >= 0.6 is 0 Å². The molecule has 3 aromatic rings. The fourth-order valence-electron chi connectivity index (χ4n) is 5.62. The molecule has 4 unspecified atom stereocenters. The monoisotopic (exact) mass is 470 g/mol. The predicted octanol–water partition coefficient (Wildman–Crippen LogP) is 3.81. The van der Waals surface area contributed by atoms with Crippen LogP contribution in [0, 0.1) is 17.2 Å². The molecule has 3 aliphatic rings. The van der Waals surface area contributed by atoms with Crippen LogP contribution in [0.15, 0.2) is 48.8 Å². The number of rotatable bonds is 4. The molecule has 4 atom stereocenters. The molecule has 2 aromatic heterocycles. The van der Waals surface area contributed by atoms with Crippen LogP contribution < -0.4 is 5.32 Å². The lowest BCUT2D eigenvalue weighted by molar-refractivity contribution is -0.141. The smallest absolute Gasteiger partial charge is 0.364 e. The summed E-state index contributed by atoms with van der Waals surface area (Å²) in [6.07, 6.45) is 0.190. The Kier molecular flexibility index (Phi) is 4.42. The summed E-state index contributed by atoms with van der Waals surface area (Å²) in [6.45, 7) is 0.548. The highest BCUT2D eigenvalue weighted by Crippen LogP contribution is 2.71. The van der Waals surface area contributed by atoms with E-state index in [1.807, 2.05) is 0 Å². The highest BCUT2D eigenvalue weighted by atomic mass is 19.4. The maximum Gasteiger partial charge on any atom is 0.435 e. The van der Waals surface area contributed by atoms with E-state index in [2.05, 4.69) is 25.5 Å². The van der Waals surface area contributed by atoms with Gasteiger partial charge in [0.1, 0.15) is 11.6 Å². The summed E-state index contributed by atoms with van der Waals surface area (Å²) < 4.78 is 53.1. The average molecular weight is 470 g/mol. The Morgan fingerprint density at radius 1 is 1.06 bits per heavy atom. The first-order chi connectivity index (χ1) is 16.3. The van der Waals surface area contributed by atoms with E-state index in [0.29, 0.717) is 12.5 Å². The number of hydrogen-bond donors (Lipinski definition) is 1. The minimum Gasteiger partial charge on any atom is -0.364 e. The van der Waals surface area contributed by atoms with Crippen molar-refractivity contribution in [2.75, 3.05) is 11.9 Å². The van der Waals surface area contributed by atoms with Crippen LogP contribution in [0.3, 0.4) is 0 Å². The molecule has 0 radical (unpaired) electrons. The number of halogens is 4. The van der Waals surface area contributed by atoms with Crippen molar-refractivity contribution in [1.29, 1.82) is 0 Å². The third kappa shape index (κ3) is 3.13. The number of hydrogen-bond acceptors (Lipinski definition) is 6. The molecule has 174 valence electrons. The van der Waals surface area contributed by atoms with Crippen molar-refractivity contribution in [2.45, 2.75) is 31.1 Å². The molecule has 1 amide bonds. The van der Waals surface area contributed by atoms with Gasteiger partial charge < -0.3 is 10.2 Å². The second kappa shape index (κ2) is 7.18. The van der Waals surface area contributed by atoms with Crippen LogP contribution in [0.5, 0.6) is 0 Å². The molecule has 1 N–H and O–H groups in total. The zero-order chi connectivity index (χ0) is 23.7. The minimum atomic E-state index is -4.56. The zero-order valence-corrected chi connectivity index (χ0v) is 17.6. The van der Waals surface area contributed by atoms with Gasteiger partial charge in [-0.05, 0) is 54.5 Å². The summed E-state index contributed by atoms with van der Waals surface area (Å²) in [7, 11) is 0. The first-order valence-electron chi connectivity index (χ1n) is 10.8. The van der Waals surface area contributed by atoms with Crippen molar-refractivity contribution in [3.05, 3.63) is 65.9 Å². The number of piperidine rings is 1. The SMILES string of the molecule is O=C(c1cccc(F)c1-c1ncccn1)N1CC2CC23CC(Nc2ccc(C(F)(F)F)nn2)C13. The molecular formula is C23H18F4N6O. The van der Waals surface area contributed by atoms with Crippen molar-refractivity contribution >= 4 is 11.7 Å². The summed E-state index contributed by atoms with van der Waals surface area (Å²) >= 11 is 0. The quantitative estimate of drug-likeness (QED) is 0.584. The normalized spacial score (nSPS) is 26.9. The predicted molar refractivity (Wildman–Crippen MR) is 112 cm³/mol. The van der Waals surface area contributed by atoms with E-state index >= 15 is 0 Å². The number of carbonyl (C=O) groups is 1. The van der Waals surface area contributed by atoms with Gasteiger partial charge in [-0.15, -0.1) is 10.2 Å². The van der Waals surface area contributed by atoms with E-state index in [0.717, 1.165) is 18.9 Å². The van der Waals surface area contributed by atoms with Crippen LogP contribution in [0.4, 0.5) is 23.4 Å². The van der Waals surface area contributed by atoms with E-state index in [1.54, 1.807) is 17.0 Å². The molecule has 1 aliphatic heterocycles. The highest BCUT2D eigenvalue weighted by molar-refractivity contribution is 6.01. The van der Waals surface area contributed by atoms with Crippen molar-refractivity contribution in [2.24, 2.45) is 11.3 Å². The van der Waals surface area contributed by atoms with E-state index in [9.17, 15) is 22.4 Å². The molecule has 3 fully saturated rings. The third-order valence-corrected chi connectivity index (χ3v) is 7.18. The van der Waals surface area contributed by atoms with Crippen LogP contribution in [-0.4, -0.2) is 49.6 Å². The number of benzene rings is 1. The molecule has 0 bridgehead atoms. The summed E-state index contributed by atoms with van der Waals surface area (Å²) in [4.78, 5) is 23.6. The second-order valence-corrected chi connectivity index (χ2v) is 9.03. The molecule has 1 saturated heterocycles. The molecule has 7 nitrogen and oxygen atoms in total. The number of nitrogens with zero attached hydrogens (tertiary/aromatic N) is 5. The molecule has 3 heterocycles. The number of alkyl halides is 3. The topological polar surface area (TPSA) is 83.9 Å². The van der Waals surface area contributed by atoms with Gasteiger partial charge in [0.15, 0.2) is 11.5 Å². The lowest BCUT2D eigenvalue weighted by Crippen LogP contribution is -2.60. The molecule has 2 aliphatic carbocycles. The Bertz CT molecular complexity index is 1270. The van der Waals surface area contributed by atoms with E-state index < -0.39 is 17.7 Å². The number of likely N-dealkylation sites (tertiary alicyclic amines) is 1. The number of amides is 1. The number of aromatic nitrogens is 4. The average Bonchev–Trinajstić information content (AvgIpc) is 3.47. The summed E-state index contributed by atoms with van der Waals surface area (Å²) in [5.41, 5.74) is -0.823. The van der Waals surface area contributed by atoms with Gasteiger partial charge in [0, 0.05) is 25.0 Å². The molecule has 11 heteroatoms. The van der Waals surface area contributed by atoms with E-state index in [1.165, 1.54) is 30.6 Å². The molecule has 1 aromatic carbocycles. The summed E-state index contributed by atoms with van der Waals surface area (Å²) in [5.74, 6) is -0.189. The molecule has 2 saturated carbocycles. The van der Waals surface area contributed by atoms with E-state index in [4.69, 9.17) is 0 Å². The largest absolute Gasteiger partial charge is 0.435 e. The van der Waals surface area contributed by atoms with Crippen molar-refractivity contribution in [3.8, 4) is 11.4 Å². The molecule has 1 spiro atoms. The Balaban J connectivity index is 1.27. The van der Waals surface area contributed by atoms with Gasteiger partial charge >= 0.3 is 6.18 Å². The van der Waals surface area contributed by atoms with Gasteiger partial charge in [-0.25, -0.2) is 14.4 Å². The number of nitrogens with one attached hydrogen (secondary N) is 1. The maximum atomic E-state index is 14.8. The lowest BCUT2D eigenvalue weighted by Gasteiger charge is -2.48. The standard InChI is InChI=1S/C23H18F4N6O/c24-14-4-1-3-13(18(14)20-28-7-2-8-29-20)21(34)33-11-12-9-22(12)10-15(19(22)33)30-17-6-5-16(31-32-17)23(25,26)27/h1-8,12,15,19H,9-11H2,(H,30,32). The first kappa shape index (κ1) is 20.9. The molecule has 6 rings (SSSR count). The highest BCUT2D eigenvalue weighted by Gasteiger charge is 2.75. The molecule has 34 heavy (non-hydrogen) atoms. The van der Waals surface area contributed by atoms with Crippen LogP contribution in [-0.2, 0) is 6.18 Å². The van der Waals surface area contributed by atoms with Gasteiger partial charge in [-0.1, -0.05) is 6.07 Å². The van der Waals surface area contributed by atoms with Gasteiger partial charge in [0.05, 0.1) is 17.2 Å². The molecular weight excluding hydrogens is 452 g/mol. The summed E-state index contributed by atoms with van der Waals surface area (Å²) in [6, 6.07) is 7.69. The van der Waals surface area contributed by atoms with E-state index in [-0.39, 0.29) is 46.2 Å². The van der Waals surface area contributed by atoms with Crippen molar-refractivity contribution in [3.63, 3.8) is 0 Å². The minimum absolute atomic E-state index is 0.00337. The second-order valence-electron chi connectivity index (χ2n) is 9.03.